The minimum Gasteiger partial charge on any atom is -0.348 e. The second-order valence-corrected chi connectivity index (χ2v) is 5.43. The van der Waals surface area contributed by atoms with Crippen molar-refractivity contribution in [3.63, 3.8) is 0 Å². The van der Waals surface area contributed by atoms with Crippen LogP contribution in [0.5, 0.6) is 0 Å². The average molecular weight is 313 g/mol. The second-order valence-electron chi connectivity index (χ2n) is 5.43. The zero-order chi connectivity index (χ0) is 16.2. The first kappa shape index (κ1) is 14.3. The number of aromatic nitrogens is 5. The van der Waals surface area contributed by atoms with Gasteiger partial charge in [0.05, 0.1) is 5.69 Å². The maximum atomic E-state index is 4.62. The average Bonchev–Trinajstić information content (AvgIpc) is 3.12. The third-order valence-electron chi connectivity index (χ3n) is 3.73. The number of pyridine rings is 1. The molecule has 3 heterocycles. The molecular formula is C19H15N5. The lowest BCUT2D eigenvalue weighted by Gasteiger charge is -2.00. The topological polar surface area (TPSA) is 67.3 Å². The van der Waals surface area contributed by atoms with E-state index >= 15 is 0 Å². The van der Waals surface area contributed by atoms with Crippen LogP contribution in [0.4, 0.5) is 0 Å². The number of hydrogen-bond acceptors (Lipinski definition) is 4. The van der Waals surface area contributed by atoms with Crippen LogP contribution < -0.4 is 0 Å². The first-order valence-electron chi connectivity index (χ1n) is 7.69. The van der Waals surface area contributed by atoms with Crippen LogP contribution in [-0.2, 0) is 6.42 Å². The zero-order valence-corrected chi connectivity index (χ0v) is 12.9. The van der Waals surface area contributed by atoms with E-state index in [0.717, 1.165) is 29.1 Å². The van der Waals surface area contributed by atoms with Gasteiger partial charge >= 0.3 is 0 Å². The van der Waals surface area contributed by atoms with E-state index in [-0.39, 0.29) is 0 Å². The molecule has 116 valence electrons. The highest BCUT2D eigenvalue weighted by molar-refractivity contribution is 5.60. The van der Waals surface area contributed by atoms with Gasteiger partial charge in [-0.15, -0.1) is 0 Å². The number of rotatable bonds is 4. The van der Waals surface area contributed by atoms with Gasteiger partial charge in [0.1, 0.15) is 5.82 Å². The Balaban J connectivity index is 1.54. The van der Waals surface area contributed by atoms with Gasteiger partial charge in [0, 0.05) is 48.5 Å². The predicted octanol–water partition coefficient (Wildman–Crippen LogP) is 3.52. The molecule has 0 amide bonds. The summed E-state index contributed by atoms with van der Waals surface area (Å²) in [7, 11) is 0. The Bertz CT molecular complexity index is 915. The van der Waals surface area contributed by atoms with Gasteiger partial charge in [-0.25, -0.2) is 15.0 Å². The Kier molecular flexibility index (Phi) is 3.81. The summed E-state index contributed by atoms with van der Waals surface area (Å²) in [6, 6.07) is 13.9. The van der Waals surface area contributed by atoms with Gasteiger partial charge in [0.15, 0.2) is 5.82 Å². The summed E-state index contributed by atoms with van der Waals surface area (Å²) in [5, 5.41) is 0. The first-order chi connectivity index (χ1) is 11.9. The maximum absolute atomic E-state index is 4.62. The van der Waals surface area contributed by atoms with Crippen LogP contribution in [0.2, 0.25) is 0 Å². The molecule has 0 bridgehead atoms. The largest absolute Gasteiger partial charge is 0.348 e. The summed E-state index contributed by atoms with van der Waals surface area (Å²) in [4.78, 5) is 20.8. The van der Waals surface area contributed by atoms with Crippen LogP contribution >= 0.6 is 0 Å². The van der Waals surface area contributed by atoms with E-state index in [1.54, 1.807) is 12.4 Å². The van der Waals surface area contributed by atoms with E-state index in [0.29, 0.717) is 5.82 Å². The molecule has 4 aromatic rings. The molecule has 0 aliphatic heterocycles. The molecule has 1 aromatic carbocycles. The summed E-state index contributed by atoms with van der Waals surface area (Å²) in [6.07, 6.45) is 9.82. The number of hydrogen-bond donors (Lipinski definition) is 1. The van der Waals surface area contributed by atoms with Gasteiger partial charge in [-0.2, -0.15) is 0 Å². The molecule has 0 fully saturated rings. The van der Waals surface area contributed by atoms with Crippen molar-refractivity contribution >= 4 is 0 Å². The molecule has 0 aliphatic rings. The Morgan fingerprint density at radius 2 is 1.58 bits per heavy atom. The van der Waals surface area contributed by atoms with E-state index in [1.165, 1.54) is 5.56 Å². The number of nitrogens with zero attached hydrogens (tertiary/aromatic N) is 4. The van der Waals surface area contributed by atoms with E-state index in [1.807, 2.05) is 61.1 Å². The van der Waals surface area contributed by atoms with Gasteiger partial charge in [-0.1, -0.05) is 30.3 Å². The lowest BCUT2D eigenvalue weighted by atomic mass is 10.2. The van der Waals surface area contributed by atoms with Crippen LogP contribution in [0, 0.1) is 0 Å². The molecule has 0 unspecified atom stereocenters. The fourth-order valence-electron chi connectivity index (χ4n) is 2.49. The molecule has 0 saturated carbocycles. The number of H-pyrrole nitrogens is 1. The van der Waals surface area contributed by atoms with Crippen molar-refractivity contribution in [2.75, 3.05) is 0 Å². The maximum Gasteiger partial charge on any atom is 0.159 e. The molecule has 0 spiro atoms. The molecule has 24 heavy (non-hydrogen) atoms. The third kappa shape index (κ3) is 3.05. The summed E-state index contributed by atoms with van der Waals surface area (Å²) in [6.45, 7) is 0. The van der Waals surface area contributed by atoms with E-state index in [2.05, 4.69) is 24.9 Å². The highest BCUT2D eigenvalue weighted by Crippen LogP contribution is 2.19. The molecule has 5 nitrogen and oxygen atoms in total. The fourth-order valence-corrected chi connectivity index (χ4v) is 2.49. The van der Waals surface area contributed by atoms with Gasteiger partial charge in [-0.05, 0) is 17.7 Å². The molecule has 0 atom stereocenters. The van der Waals surface area contributed by atoms with Crippen molar-refractivity contribution in [2.24, 2.45) is 0 Å². The highest BCUT2D eigenvalue weighted by Gasteiger charge is 2.07. The normalized spacial score (nSPS) is 10.7. The third-order valence-corrected chi connectivity index (χ3v) is 3.73. The zero-order valence-electron chi connectivity index (χ0n) is 12.9. The van der Waals surface area contributed by atoms with E-state index < -0.39 is 0 Å². The van der Waals surface area contributed by atoms with Crippen molar-refractivity contribution in [1.82, 2.24) is 24.9 Å². The van der Waals surface area contributed by atoms with Gasteiger partial charge in [0.25, 0.3) is 0 Å². The SMILES string of the molecule is c1ccc(-c2ncc(-c3c[nH]c(Cc4ccncc4)n3)cn2)cc1. The Morgan fingerprint density at radius 1 is 0.833 bits per heavy atom. The Morgan fingerprint density at radius 3 is 2.33 bits per heavy atom. The summed E-state index contributed by atoms with van der Waals surface area (Å²) < 4.78 is 0. The van der Waals surface area contributed by atoms with Crippen LogP contribution in [0.15, 0.2) is 73.4 Å². The molecule has 1 N–H and O–H groups in total. The lowest BCUT2D eigenvalue weighted by molar-refractivity contribution is 1.02. The summed E-state index contributed by atoms with van der Waals surface area (Å²) >= 11 is 0. The van der Waals surface area contributed by atoms with Crippen LogP contribution in [0.25, 0.3) is 22.6 Å². The summed E-state index contributed by atoms with van der Waals surface area (Å²) in [5.74, 6) is 1.62. The van der Waals surface area contributed by atoms with E-state index in [4.69, 9.17) is 0 Å². The minimum absolute atomic E-state index is 0.715. The van der Waals surface area contributed by atoms with Gasteiger partial charge in [0.2, 0.25) is 0 Å². The van der Waals surface area contributed by atoms with Crippen molar-refractivity contribution in [1.29, 1.82) is 0 Å². The van der Waals surface area contributed by atoms with Crippen molar-refractivity contribution in [3.8, 4) is 22.6 Å². The molecule has 0 saturated heterocycles. The monoisotopic (exact) mass is 313 g/mol. The van der Waals surface area contributed by atoms with Crippen molar-refractivity contribution in [3.05, 3.63) is 84.8 Å². The minimum atomic E-state index is 0.715. The van der Waals surface area contributed by atoms with Gasteiger partial charge in [-0.3, -0.25) is 4.98 Å². The Labute approximate surface area is 139 Å². The molecule has 0 radical (unpaired) electrons. The number of benzene rings is 1. The molecule has 5 heteroatoms. The number of imidazole rings is 1. The van der Waals surface area contributed by atoms with Gasteiger partial charge < -0.3 is 4.98 Å². The highest BCUT2D eigenvalue weighted by atomic mass is 14.9. The number of nitrogens with one attached hydrogen (secondary N) is 1. The second kappa shape index (κ2) is 6.42. The molecule has 0 aliphatic carbocycles. The molecular weight excluding hydrogens is 298 g/mol. The van der Waals surface area contributed by atoms with E-state index in [9.17, 15) is 0 Å². The van der Waals surface area contributed by atoms with Crippen LogP contribution in [0.3, 0.4) is 0 Å². The lowest BCUT2D eigenvalue weighted by Crippen LogP contribution is -1.92. The fraction of sp³-hybridized carbons (Fsp3) is 0.0526. The molecule has 4 rings (SSSR count). The number of aromatic amines is 1. The van der Waals surface area contributed by atoms with Crippen LogP contribution in [0.1, 0.15) is 11.4 Å². The predicted molar refractivity (Wildman–Crippen MR) is 92.1 cm³/mol. The Hall–Kier alpha value is -3.34. The smallest absolute Gasteiger partial charge is 0.159 e. The first-order valence-corrected chi connectivity index (χ1v) is 7.69. The van der Waals surface area contributed by atoms with Crippen molar-refractivity contribution in [2.45, 2.75) is 6.42 Å². The summed E-state index contributed by atoms with van der Waals surface area (Å²) in [5.41, 5.74) is 3.91. The standard InChI is InChI=1S/C19H15N5/c1-2-4-15(5-3-1)19-22-11-16(12-23-19)17-13-21-18(24-17)10-14-6-8-20-9-7-14/h1-9,11-13H,10H2,(H,21,24). The quantitative estimate of drug-likeness (QED) is 0.626. The van der Waals surface area contributed by atoms with Crippen LogP contribution in [-0.4, -0.2) is 24.9 Å². The molecule has 3 aromatic heterocycles. The van der Waals surface area contributed by atoms with Crippen molar-refractivity contribution < 1.29 is 0 Å².